The summed E-state index contributed by atoms with van der Waals surface area (Å²) in [6.45, 7) is 3.31. The van der Waals surface area contributed by atoms with Gasteiger partial charge in [-0.15, -0.1) is 11.3 Å². The number of nitrogens with one attached hydrogen (secondary N) is 2. The first-order chi connectivity index (χ1) is 10.1. The van der Waals surface area contributed by atoms with Gasteiger partial charge in [-0.1, -0.05) is 6.07 Å². The molecule has 0 spiro atoms. The Bertz CT molecular complexity index is 517. The predicted octanol–water partition coefficient (Wildman–Crippen LogP) is 1.22. The van der Waals surface area contributed by atoms with Gasteiger partial charge >= 0.3 is 0 Å². The lowest BCUT2D eigenvalue weighted by Gasteiger charge is -2.27. The Hall–Kier alpha value is -1.40. The third kappa shape index (κ3) is 3.27. The van der Waals surface area contributed by atoms with Crippen molar-refractivity contribution in [2.24, 2.45) is 0 Å². The van der Waals surface area contributed by atoms with Crippen molar-refractivity contribution in [1.82, 2.24) is 15.5 Å². The molecular weight excluding hydrogens is 286 g/mol. The second kappa shape index (κ2) is 6.15. The number of thiophene rings is 1. The van der Waals surface area contributed by atoms with E-state index in [4.69, 9.17) is 0 Å². The zero-order valence-electron chi connectivity index (χ0n) is 12.2. The first-order valence-electron chi connectivity index (χ1n) is 7.52. The van der Waals surface area contributed by atoms with Gasteiger partial charge in [0, 0.05) is 25.2 Å². The third-order valence-electron chi connectivity index (χ3n) is 4.30. The molecule has 2 saturated heterocycles. The third-order valence-corrected chi connectivity index (χ3v) is 5.17. The Morgan fingerprint density at radius 2 is 2.19 bits per heavy atom. The minimum Gasteiger partial charge on any atom is -0.340 e. The molecule has 1 aromatic heterocycles. The van der Waals surface area contributed by atoms with Crippen LogP contribution in [0, 0.1) is 0 Å². The molecule has 3 atom stereocenters. The molecule has 5 nitrogen and oxygen atoms in total. The monoisotopic (exact) mass is 307 g/mol. The van der Waals surface area contributed by atoms with Crippen molar-refractivity contribution in [3.8, 4) is 0 Å². The van der Waals surface area contributed by atoms with Crippen LogP contribution in [0.5, 0.6) is 0 Å². The van der Waals surface area contributed by atoms with Crippen molar-refractivity contribution in [2.75, 3.05) is 13.1 Å². The second-order valence-electron chi connectivity index (χ2n) is 5.88. The van der Waals surface area contributed by atoms with E-state index in [0.29, 0.717) is 17.0 Å². The van der Waals surface area contributed by atoms with Crippen LogP contribution in [0.3, 0.4) is 0 Å². The lowest BCUT2D eigenvalue weighted by atomic mass is 10.1. The molecule has 0 radical (unpaired) electrons. The van der Waals surface area contributed by atoms with E-state index in [1.165, 1.54) is 17.8 Å². The molecule has 0 saturated carbocycles. The fourth-order valence-electron chi connectivity index (χ4n) is 3.15. The molecule has 3 rings (SSSR count). The van der Waals surface area contributed by atoms with E-state index in [-0.39, 0.29) is 11.8 Å². The zero-order valence-corrected chi connectivity index (χ0v) is 13.0. The summed E-state index contributed by atoms with van der Waals surface area (Å²) >= 11 is 1.39. The average molecular weight is 307 g/mol. The van der Waals surface area contributed by atoms with Gasteiger partial charge in [0.2, 0.25) is 5.91 Å². The first-order valence-corrected chi connectivity index (χ1v) is 8.40. The van der Waals surface area contributed by atoms with Gasteiger partial charge in [0.1, 0.15) is 6.04 Å². The number of hydrogen-bond acceptors (Lipinski definition) is 4. The molecule has 2 N–H and O–H groups in total. The van der Waals surface area contributed by atoms with Gasteiger partial charge in [0.05, 0.1) is 4.88 Å². The van der Waals surface area contributed by atoms with Crippen LogP contribution in [0.2, 0.25) is 0 Å². The van der Waals surface area contributed by atoms with Crippen molar-refractivity contribution in [3.05, 3.63) is 22.4 Å². The molecule has 2 aliphatic rings. The van der Waals surface area contributed by atoms with Gasteiger partial charge in [-0.3, -0.25) is 9.59 Å². The summed E-state index contributed by atoms with van der Waals surface area (Å²) in [5, 5.41) is 8.22. The highest BCUT2D eigenvalue weighted by Crippen LogP contribution is 2.20. The minimum absolute atomic E-state index is 0.0225. The SMILES string of the molecule is CC(NC(=O)c1cccs1)C(=O)N1CCC2CCC(C1)N2. The van der Waals surface area contributed by atoms with Gasteiger partial charge in [-0.2, -0.15) is 0 Å². The van der Waals surface area contributed by atoms with E-state index in [0.717, 1.165) is 25.9 Å². The maximum Gasteiger partial charge on any atom is 0.261 e. The highest BCUT2D eigenvalue weighted by molar-refractivity contribution is 7.12. The van der Waals surface area contributed by atoms with Crippen molar-refractivity contribution in [3.63, 3.8) is 0 Å². The van der Waals surface area contributed by atoms with Crippen LogP contribution in [0.15, 0.2) is 17.5 Å². The van der Waals surface area contributed by atoms with Gasteiger partial charge in [-0.05, 0) is 37.6 Å². The van der Waals surface area contributed by atoms with Crippen LogP contribution < -0.4 is 10.6 Å². The lowest BCUT2D eigenvalue weighted by molar-refractivity contribution is -0.133. The second-order valence-corrected chi connectivity index (χ2v) is 6.83. The molecule has 0 aromatic carbocycles. The topological polar surface area (TPSA) is 61.4 Å². The molecule has 2 fully saturated rings. The zero-order chi connectivity index (χ0) is 14.8. The molecule has 2 bridgehead atoms. The molecule has 2 amide bonds. The molecule has 114 valence electrons. The van der Waals surface area contributed by atoms with Crippen LogP contribution in [0.25, 0.3) is 0 Å². The summed E-state index contributed by atoms with van der Waals surface area (Å²) < 4.78 is 0. The fraction of sp³-hybridized carbons (Fsp3) is 0.600. The number of carbonyl (C=O) groups is 2. The number of rotatable bonds is 3. The van der Waals surface area contributed by atoms with Crippen LogP contribution in [0.1, 0.15) is 35.9 Å². The van der Waals surface area contributed by atoms with Gasteiger partial charge in [0.15, 0.2) is 0 Å². The Kier molecular flexibility index (Phi) is 4.26. The molecule has 6 heteroatoms. The fourth-order valence-corrected chi connectivity index (χ4v) is 3.78. The molecular formula is C15H21N3O2S. The van der Waals surface area contributed by atoms with E-state index >= 15 is 0 Å². The van der Waals surface area contributed by atoms with Crippen molar-refractivity contribution < 1.29 is 9.59 Å². The largest absolute Gasteiger partial charge is 0.340 e. The Morgan fingerprint density at radius 1 is 1.38 bits per heavy atom. The van der Waals surface area contributed by atoms with Crippen LogP contribution in [-0.4, -0.2) is 47.9 Å². The quantitative estimate of drug-likeness (QED) is 0.882. The number of hydrogen-bond donors (Lipinski definition) is 2. The van der Waals surface area contributed by atoms with Crippen molar-refractivity contribution in [2.45, 2.75) is 44.3 Å². The van der Waals surface area contributed by atoms with Crippen molar-refractivity contribution in [1.29, 1.82) is 0 Å². The van der Waals surface area contributed by atoms with Crippen molar-refractivity contribution >= 4 is 23.2 Å². The molecule has 2 aliphatic heterocycles. The summed E-state index contributed by atoms with van der Waals surface area (Å²) in [4.78, 5) is 27.1. The van der Waals surface area contributed by atoms with Gasteiger partial charge in [-0.25, -0.2) is 0 Å². The predicted molar refractivity (Wildman–Crippen MR) is 82.4 cm³/mol. The summed E-state index contributed by atoms with van der Waals surface area (Å²) in [7, 11) is 0. The molecule has 0 aliphatic carbocycles. The van der Waals surface area contributed by atoms with E-state index in [1.54, 1.807) is 13.0 Å². The van der Waals surface area contributed by atoms with E-state index in [2.05, 4.69) is 10.6 Å². The summed E-state index contributed by atoms with van der Waals surface area (Å²) in [6.07, 6.45) is 3.37. The minimum atomic E-state index is -0.476. The van der Waals surface area contributed by atoms with Crippen LogP contribution in [0.4, 0.5) is 0 Å². The molecule has 1 aromatic rings. The number of nitrogens with zero attached hydrogens (tertiary/aromatic N) is 1. The number of likely N-dealkylation sites (tertiary alicyclic amines) is 1. The van der Waals surface area contributed by atoms with Crippen LogP contribution in [-0.2, 0) is 4.79 Å². The summed E-state index contributed by atoms with van der Waals surface area (Å²) in [6, 6.07) is 4.11. The number of fused-ring (bicyclic) bond motifs is 2. The molecule has 21 heavy (non-hydrogen) atoms. The first kappa shape index (κ1) is 14.5. The standard InChI is InChI=1S/C15H21N3O2S/c1-10(16-14(19)13-3-2-8-21-13)15(20)18-7-6-11-4-5-12(9-18)17-11/h2-3,8,10-12,17H,4-7,9H2,1H3,(H,16,19). The summed E-state index contributed by atoms with van der Waals surface area (Å²) in [5.74, 6) is -0.144. The highest BCUT2D eigenvalue weighted by Gasteiger charge is 2.32. The van der Waals surface area contributed by atoms with E-state index in [9.17, 15) is 9.59 Å². The maximum atomic E-state index is 12.5. The normalized spacial score (nSPS) is 26.2. The Morgan fingerprint density at radius 3 is 2.95 bits per heavy atom. The lowest BCUT2D eigenvalue weighted by Crippen LogP contribution is -2.49. The average Bonchev–Trinajstić information content (AvgIpc) is 3.07. The smallest absolute Gasteiger partial charge is 0.261 e. The Labute approximate surface area is 128 Å². The maximum absolute atomic E-state index is 12.5. The number of amides is 2. The Balaban J connectivity index is 1.58. The summed E-state index contributed by atoms with van der Waals surface area (Å²) in [5.41, 5.74) is 0. The molecule has 3 heterocycles. The highest BCUT2D eigenvalue weighted by atomic mass is 32.1. The van der Waals surface area contributed by atoms with Gasteiger partial charge < -0.3 is 15.5 Å². The molecule has 3 unspecified atom stereocenters. The van der Waals surface area contributed by atoms with E-state index in [1.807, 2.05) is 16.3 Å². The van der Waals surface area contributed by atoms with Gasteiger partial charge in [0.25, 0.3) is 5.91 Å². The van der Waals surface area contributed by atoms with E-state index < -0.39 is 6.04 Å². The number of carbonyl (C=O) groups excluding carboxylic acids is 2. The van der Waals surface area contributed by atoms with Crippen LogP contribution >= 0.6 is 11.3 Å².